The van der Waals surface area contributed by atoms with Crippen LogP contribution in [0.2, 0.25) is 0 Å². The van der Waals surface area contributed by atoms with Crippen molar-refractivity contribution in [2.24, 2.45) is 0 Å². The Labute approximate surface area is 141 Å². The number of aryl methyl sites for hydroxylation is 2. The smallest absolute Gasteiger partial charge is 0.0786 e. The molecule has 5 rings (SSSR count). The molecule has 4 aromatic rings. The maximum Gasteiger partial charge on any atom is 0.0786 e. The second-order valence-electron chi connectivity index (χ2n) is 6.67. The predicted octanol–water partition coefficient (Wildman–Crippen LogP) is 6.17. The second-order valence-corrected chi connectivity index (χ2v) is 6.67. The molecule has 0 bridgehead atoms. The van der Waals surface area contributed by atoms with Crippen LogP contribution in [0.5, 0.6) is 0 Å². The van der Waals surface area contributed by atoms with Crippen LogP contribution in [0, 0.1) is 13.8 Å². The van der Waals surface area contributed by atoms with Crippen LogP contribution in [0.4, 0.5) is 0 Å². The lowest BCUT2D eigenvalue weighted by Gasteiger charge is -2.11. The molecule has 1 aromatic heterocycles. The lowest BCUT2D eigenvalue weighted by atomic mass is 9.96. The third-order valence-electron chi connectivity index (χ3n) is 4.91. The number of benzene rings is 3. The molecule has 0 amide bonds. The largest absolute Gasteiger partial charge is 0.256 e. The van der Waals surface area contributed by atoms with E-state index in [2.05, 4.69) is 74.5 Å². The molecule has 1 aliphatic carbocycles. The maximum absolute atomic E-state index is 4.77. The van der Waals surface area contributed by atoms with Crippen molar-refractivity contribution < 1.29 is 0 Å². The van der Waals surface area contributed by atoms with Gasteiger partial charge in [0, 0.05) is 17.3 Å². The van der Waals surface area contributed by atoms with Crippen LogP contribution in [0.3, 0.4) is 0 Å². The van der Waals surface area contributed by atoms with E-state index in [-0.39, 0.29) is 0 Å². The minimum Gasteiger partial charge on any atom is -0.256 e. The summed E-state index contributed by atoms with van der Waals surface area (Å²) in [5.41, 5.74) is 10.0. The van der Waals surface area contributed by atoms with Crippen molar-refractivity contribution in [1.82, 2.24) is 4.98 Å². The van der Waals surface area contributed by atoms with Crippen molar-refractivity contribution in [3.05, 3.63) is 78.0 Å². The highest BCUT2D eigenvalue weighted by molar-refractivity contribution is 6.17. The van der Waals surface area contributed by atoms with Gasteiger partial charge in [0.1, 0.15) is 0 Å². The summed E-state index contributed by atoms with van der Waals surface area (Å²) >= 11 is 0. The van der Waals surface area contributed by atoms with Crippen molar-refractivity contribution in [2.45, 2.75) is 13.8 Å². The Morgan fingerprint density at radius 3 is 2.17 bits per heavy atom. The summed E-state index contributed by atoms with van der Waals surface area (Å²) in [6.07, 6.45) is 1.94. The van der Waals surface area contributed by atoms with E-state index in [4.69, 9.17) is 4.98 Å². The van der Waals surface area contributed by atoms with Crippen LogP contribution in [-0.4, -0.2) is 4.98 Å². The summed E-state index contributed by atoms with van der Waals surface area (Å²) in [7, 11) is 0. The Morgan fingerprint density at radius 1 is 0.708 bits per heavy atom. The average Bonchev–Trinajstić information content (AvgIpc) is 2.91. The van der Waals surface area contributed by atoms with E-state index in [9.17, 15) is 0 Å². The van der Waals surface area contributed by atoms with Crippen molar-refractivity contribution in [2.75, 3.05) is 0 Å². The van der Waals surface area contributed by atoms with Crippen molar-refractivity contribution in [3.8, 4) is 33.5 Å². The second kappa shape index (κ2) is 4.78. The molecule has 0 fully saturated rings. The van der Waals surface area contributed by atoms with Gasteiger partial charge in [-0.15, -0.1) is 0 Å². The van der Waals surface area contributed by atoms with Crippen LogP contribution in [-0.2, 0) is 0 Å². The summed E-state index contributed by atoms with van der Waals surface area (Å²) in [6.45, 7) is 4.30. The highest BCUT2D eigenvalue weighted by Crippen LogP contribution is 2.50. The van der Waals surface area contributed by atoms with Crippen LogP contribution in [0.15, 0.2) is 66.9 Å². The SMILES string of the molecule is Cc1cc(C)cc(-c2nccc3c2-c2cccc4cccc-3c24)c1. The molecule has 0 spiro atoms. The summed E-state index contributed by atoms with van der Waals surface area (Å²) in [5.74, 6) is 0. The fourth-order valence-electron chi connectivity index (χ4n) is 4.06. The number of nitrogens with zero attached hydrogens (tertiary/aromatic N) is 1. The molecule has 0 unspecified atom stereocenters. The Kier molecular flexibility index (Phi) is 2.69. The van der Waals surface area contributed by atoms with Crippen molar-refractivity contribution in [3.63, 3.8) is 0 Å². The Hall–Kier alpha value is -2.93. The fourth-order valence-corrected chi connectivity index (χ4v) is 4.06. The Morgan fingerprint density at radius 2 is 1.42 bits per heavy atom. The van der Waals surface area contributed by atoms with Gasteiger partial charge in [0.25, 0.3) is 0 Å². The van der Waals surface area contributed by atoms with Gasteiger partial charge in [0.15, 0.2) is 0 Å². The first-order chi connectivity index (χ1) is 11.7. The molecule has 1 heteroatoms. The highest BCUT2D eigenvalue weighted by Gasteiger charge is 2.24. The average molecular weight is 307 g/mol. The monoisotopic (exact) mass is 307 g/mol. The van der Waals surface area contributed by atoms with Gasteiger partial charge < -0.3 is 0 Å². The lowest BCUT2D eigenvalue weighted by molar-refractivity contribution is 1.31. The fraction of sp³-hybridized carbons (Fsp3) is 0.0870. The quantitative estimate of drug-likeness (QED) is 0.361. The molecular weight excluding hydrogens is 290 g/mol. The molecule has 0 saturated carbocycles. The summed E-state index contributed by atoms with van der Waals surface area (Å²) in [6, 6.07) is 22.0. The molecule has 1 heterocycles. The minimum absolute atomic E-state index is 1.09. The van der Waals surface area contributed by atoms with Crippen LogP contribution >= 0.6 is 0 Å². The van der Waals surface area contributed by atoms with Crippen LogP contribution in [0.25, 0.3) is 44.3 Å². The molecule has 3 aromatic carbocycles. The van der Waals surface area contributed by atoms with Gasteiger partial charge in [-0.2, -0.15) is 0 Å². The van der Waals surface area contributed by atoms with Gasteiger partial charge in [0.05, 0.1) is 5.69 Å². The van der Waals surface area contributed by atoms with E-state index < -0.39 is 0 Å². The zero-order valence-corrected chi connectivity index (χ0v) is 13.8. The van der Waals surface area contributed by atoms with Crippen molar-refractivity contribution >= 4 is 10.8 Å². The molecule has 0 radical (unpaired) electrons. The van der Waals surface area contributed by atoms with Crippen LogP contribution < -0.4 is 0 Å². The molecule has 0 N–H and O–H groups in total. The molecule has 24 heavy (non-hydrogen) atoms. The number of fused-ring (bicyclic) bond motifs is 3. The number of hydrogen-bond acceptors (Lipinski definition) is 1. The number of rotatable bonds is 1. The lowest BCUT2D eigenvalue weighted by Crippen LogP contribution is -1.90. The number of pyridine rings is 1. The predicted molar refractivity (Wildman–Crippen MR) is 101 cm³/mol. The third-order valence-corrected chi connectivity index (χ3v) is 4.91. The molecule has 0 saturated heterocycles. The number of aromatic nitrogens is 1. The van der Waals surface area contributed by atoms with Gasteiger partial charge in [-0.3, -0.25) is 4.98 Å². The molecular formula is C23H17N. The molecule has 0 atom stereocenters. The van der Waals surface area contributed by atoms with Gasteiger partial charge in [0.2, 0.25) is 0 Å². The normalized spacial score (nSPS) is 11.8. The first-order valence-corrected chi connectivity index (χ1v) is 8.32. The minimum atomic E-state index is 1.09. The maximum atomic E-state index is 4.77. The molecule has 1 aliphatic rings. The van der Waals surface area contributed by atoms with E-state index in [1.165, 1.54) is 49.7 Å². The first kappa shape index (κ1) is 13.5. The topological polar surface area (TPSA) is 12.9 Å². The highest BCUT2D eigenvalue weighted by atomic mass is 14.7. The van der Waals surface area contributed by atoms with Crippen LogP contribution in [0.1, 0.15) is 11.1 Å². The van der Waals surface area contributed by atoms with Gasteiger partial charge in [-0.05, 0) is 59.5 Å². The van der Waals surface area contributed by atoms with E-state index in [1.54, 1.807) is 0 Å². The summed E-state index contributed by atoms with van der Waals surface area (Å²) in [4.78, 5) is 4.77. The van der Waals surface area contributed by atoms with Gasteiger partial charge in [-0.25, -0.2) is 0 Å². The molecule has 1 nitrogen and oxygen atoms in total. The summed E-state index contributed by atoms with van der Waals surface area (Å²) in [5, 5.41) is 2.65. The van der Waals surface area contributed by atoms with Gasteiger partial charge >= 0.3 is 0 Å². The zero-order chi connectivity index (χ0) is 16.3. The molecule has 0 aliphatic heterocycles. The standard InChI is InChI=1S/C23H17N/c1-14-11-15(2)13-17(12-14)23-22-19(9-10-24-23)18-7-3-5-16-6-4-8-20(22)21(16)18/h3-13H,1-2H3. The van der Waals surface area contributed by atoms with Crippen molar-refractivity contribution in [1.29, 1.82) is 0 Å². The van der Waals surface area contributed by atoms with E-state index in [1.807, 2.05) is 6.20 Å². The Bertz CT molecular complexity index is 1100. The van der Waals surface area contributed by atoms with Gasteiger partial charge in [-0.1, -0.05) is 53.6 Å². The Balaban J connectivity index is 1.89. The summed E-state index contributed by atoms with van der Waals surface area (Å²) < 4.78 is 0. The number of hydrogen-bond donors (Lipinski definition) is 0. The third kappa shape index (κ3) is 1.78. The van der Waals surface area contributed by atoms with E-state index in [0.29, 0.717) is 0 Å². The van der Waals surface area contributed by atoms with E-state index in [0.717, 1.165) is 5.69 Å². The van der Waals surface area contributed by atoms with E-state index >= 15 is 0 Å². The first-order valence-electron chi connectivity index (χ1n) is 8.32. The molecule has 114 valence electrons. The zero-order valence-electron chi connectivity index (χ0n) is 13.8.